The summed E-state index contributed by atoms with van der Waals surface area (Å²) in [4.78, 5) is 4.27. The highest BCUT2D eigenvalue weighted by atomic mass is 35.5. The fraction of sp³-hybridized carbons (Fsp3) is 0. The number of rotatable bonds is 1. The van der Waals surface area contributed by atoms with Gasteiger partial charge < -0.3 is 0 Å². The fourth-order valence-electron chi connectivity index (χ4n) is 1.73. The van der Waals surface area contributed by atoms with Gasteiger partial charge in [-0.1, -0.05) is 48.0 Å². The lowest BCUT2D eigenvalue weighted by molar-refractivity contribution is 1.41. The average Bonchev–Trinajstić information content (AvgIpc) is 2.75. The Balaban J connectivity index is 2.18. The van der Waals surface area contributed by atoms with E-state index in [1.807, 2.05) is 17.5 Å². The Kier molecular flexibility index (Phi) is 2.39. The van der Waals surface area contributed by atoms with Crippen molar-refractivity contribution >= 4 is 33.7 Å². The van der Waals surface area contributed by atoms with Crippen molar-refractivity contribution in [3.63, 3.8) is 0 Å². The quantitative estimate of drug-likeness (QED) is 0.610. The Labute approximate surface area is 102 Å². The second-order valence-corrected chi connectivity index (χ2v) is 4.99. The maximum absolute atomic E-state index is 5.84. The highest BCUT2D eigenvalue weighted by molar-refractivity contribution is 7.14. The van der Waals surface area contributed by atoms with Crippen LogP contribution in [-0.2, 0) is 0 Å². The Hall–Kier alpha value is -1.38. The molecule has 1 heterocycles. The second-order valence-electron chi connectivity index (χ2n) is 3.55. The first-order valence-electron chi connectivity index (χ1n) is 4.93. The van der Waals surface area contributed by atoms with Gasteiger partial charge in [0.05, 0.1) is 5.69 Å². The van der Waals surface area contributed by atoms with Crippen LogP contribution in [0.15, 0.2) is 47.8 Å². The lowest BCUT2D eigenvalue weighted by atomic mass is 10.1. The molecule has 0 spiro atoms. The largest absolute Gasteiger partial charge is 0.225 e. The van der Waals surface area contributed by atoms with Crippen molar-refractivity contribution in [1.29, 1.82) is 0 Å². The molecular formula is C13H8ClNS. The number of hydrogen-bond acceptors (Lipinski definition) is 2. The van der Waals surface area contributed by atoms with Crippen molar-refractivity contribution in [2.45, 2.75) is 0 Å². The van der Waals surface area contributed by atoms with Gasteiger partial charge in [0.2, 0.25) is 0 Å². The van der Waals surface area contributed by atoms with Gasteiger partial charge in [-0.15, -0.1) is 11.3 Å². The third-order valence-corrected chi connectivity index (χ3v) is 3.50. The molecule has 0 amide bonds. The molecule has 0 atom stereocenters. The highest BCUT2D eigenvalue weighted by Crippen LogP contribution is 2.27. The summed E-state index contributed by atoms with van der Waals surface area (Å²) in [6, 6.07) is 14.6. The molecule has 0 aliphatic rings. The van der Waals surface area contributed by atoms with Crippen LogP contribution in [0.3, 0.4) is 0 Å². The van der Waals surface area contributed by atoms with E-state index in [0.29, 0.717) is 4.47 Å². The van der Waals surface area contributed by atoms with E-state index >= 15 is 0 Å². The molecule has 1 nitrogen and oxygen atoms in total. The molecule has 0 N–H and O–H groups in total. The monoisotopic (exact) mass is 245 g/mol. The zero-order valence-electron chi connectivity index (χ0n) is 8.35. The minimum atomic E-state index is 0.586. The summed E-state index contributed by atoms with van der Waals surface area (Å²) in [6.07, 6.45) is 0. The van der Waals surface area contributed by atoms with E-state index in [4.69, 9.17) is 11.6 Å². The third kappa shape index (κ3) is 1.70. The number of thiazole rings is 1. The molecule has 0 radical (unpaired) electrons. The number of hydrogen-bond donors (Lipinski definition) is 0. The SMILES string of the molecule is Clc1nc(-c2ccc3ccccc3c2)cs1. The summed E-state index contributed by atoms with van der Waals surface area (Å²) in [5, 5.41) is 4.45. The second kappa shape index (κ2) is 3.89. The van der Waals surface area contributed by atoms with Gasteiger partial charge in [-0.25, -0.2) is 4.98 Å². The van der Waals surface area contributed by atoms with Crippen LogP contribution in [0, 0.1) is 0 Å². The maximum Gasteiger partial charge on any atom is 0.184 e. The van der Waals surface area contributed by atoms with Gasteiger partial charge in [-0.05, 0) is 16.8 Å². The van der Waals surface area contributed by atoms with E-state index in [-0.39, 0.29) is 0 Å². The minimum absolute atomic E-state index is 0.586. The van der Waals surface area contributed by atoms with Crippen molar-refractivity contribution in [3.8, 4) is 11.3 Å². The number of nitrogens with zero attached hydrogens (tertiary/aromatic N) is 1. The summed E-state index contributed by atoms with van der Waals surface area (Å²) in [7, 11) is 0. The smallest absolute Gasteiger partial charge is 0.184 e. The van der Waals surface area contributed by atoms with Crippen molar-refractivity contribution < 1.29 is 0 Å². The van der Waals surface area contributed by atoms with E-state index in [1.54, 1.807) is 0 Å². The normalized spacial score (nSPS) is 10.8. The Morgan fingerprint density at radius 1 is 1.00 bits per heavy atom. The Bertz CT molecular complexity index is 645. The molecule has 3 rings (SSSR count). The Morgan fingerprint density at radius 2 is 1.81 bits per heavy atom. The average molecular weight is 246 g/mol. The predicted molar refractivity (Wildman–Crippen MR) is 70.1 cm³/mol. The zero-order valence-corrected chi connectivity index (χ0v) is 9.92. The van der Waals surface area contributed by atoms with Crippen LogP contribution in [0.2, 0.25) is 4.47 Å². The van der Waals surface area contributed by atoms with Gasteiger partial charge in [0.15, 0.2) is 4.47 Å². The topological polar surface area (TPSA) is 12.9 Å². The molecule has 0 aliphatic heterocycles. The van der Waals surface area contributed by atoms with E-state index < -0.39 is 0 Å². The highest BCUT2D eigenvalue weighted by Gasteiger charge is 2.03. The minimum Gasteiger partial charge on any atom is -0.225 e. The van der Waals surface area contributed by atoms with E-state index in [9.17, 15) is 0 Å². The first-order chi connectivity index (χ1) is 7.83. The number of aromatic nitrogens is 1. The van der Waals surface area contributed by atoms with Crippen LogP contribution in [0.4, 0.5) is 0 Å². The maximum atomic E-state index is 5.84. The van der Waals surface area contributed by atoms with Crippen LogP contribution >= 0.6 is 22.9 Å². The summed E-state index contributed by atoms with van der Waals surface area (Å²) >= 11 is 7.29. The first kappa shape index (κ1) is 9.82. The van der Waals surface area contributed by atoms with Crippen LogP contribution in [0.25, 0.3) is 22.0 Å². The molecule has 16 heavy (non-hydrogen) atoms. The van der Waals surface area contributed by atoms with E-state index in [0.717, 1.165) is 11.3 Å². The molecule has 3 aromatic rings. The van der Waals surface area contributed by atoms with E-state index in [1.165, 1.54) is 22.1 Å². The summed E-state index contributed by atoms with van der Waals surface area (Å²) in [5.74, 6) is 0. The molecule has 2 aromatic carbocycles. The molecule has 0 fully saturated rings. The molecular weight excluding hydrogens is 238 g/mol. The molecule has 0 unspecified atom stereocenters. The molecule has 0 bridgehead atoms. The molecule has 0 saturated carbocycles. The standard InChI is InChI=1S/C13H8ClNS/c14-13-15-12(8-16-13)11-6-5-9-3-1-2-4-10(9)7-11/h1-8H. The number of benzene rings is 2. The third-order valence-electron chi connectivity index (χ3n) is 2.52. The molecule has 1 aromatic heterocycles. The van der Waals surface area contributed by atoms with Crippen LogP contribution < -0.4 is 0 Å². The van der Waals surface area contributed by atoms with Crippen molar-refractivity contribution in [1.82, 2.24) is 4.98 Å². The number of halogens is 1. The molecule has 0 saturated heterocycles. The van der Waals surface area contributed by atoms with E-state index in [2.05, 4.69) is 35.3 Å². The molecule has 3 heteroatoms. The van der Waals surface area contributed by atoms with Gasteiger partial charge in [0.25, 0.3) is 0 Å². The van der Waals surface area contributed by atoms with Gasteiger partial charge in [0.1, 0.15) is 0 Å². The van der Waals surface area contributed by atoms with Gasteiger partial charge in [-0.3, -0.25) is 0 Å². The van der Waals surface area contributed by atoms with Crippen LogP contribution in [-0.4, -0.2) is 4.98 Å². The Morgan fingerprint density at radius 3 is 2.56 bits per heavy atom. The summed E-state index contributed by atoms with van der Waals surface area (Å²) in [5.41, 5.74) is 2.06. The zero-order chi connectivity index (χ0) is 11.0. The van der Waals surface area contributed by atoms with Crippen molar-refractivity contribution in [2.75, 3.05) is 0 Å². The van der Waals surface area contributed by atoms with Crippen molar-refractivity contribution in [2.24, 2.45) is 0 Å². The van der Waals surface area contributed by atoms with Crippen LogP contribution in [0.1, 0.15) is 0 Å². The predicted octanol–water partition coefficient (Wildman–Crippen LogP) is 4.62. The lowest BCUT2D eigenvalue weighted by Gasteiger charge is -2.00. The van der Waals surface area contributed by atoms with Gasteiger partial charge >= 0.3 is 0 Å². The molecule has 78 valence electrons. The fourth-order valence-corrected chi connectivity index (χ4v) is 2.51. The van der Waals surface area contributed by atoms with Gasteiger partial charge in [0, 0.05) is 10.9 Å². The number of fused-ring (bicyclic) bond motifs is 1. The summed E-state index contributed by atoms with van der Waals surface area (Å²) in [6.45, 7) is 0. The van der Waals surface area contributed by atoms with Gasteiger partial charge in [-0.2, -0.15) is 0 Å². The lowest BCUT2D eigenvalue weighted by Crippen LogP contribution is -1.78. The first-order valence-corrected chi connectivity index (χ1v) is 6.19. The van der Waals surface area contributed by atoms with Crippen molar-refractivity contribution in [3.05, 3.63) is 52.3 Å². The van der Waals surface area contributed by atoms with Crippen LogP contribution in [0.5, 0.6) is 0 Å². The molecule has 0 aliphatic carbocycles. The summed E-state index contributed by atoms with van der Waals surface area (Å²) < 4.78 is 0.586.